The van der Waals surface area contributed by atoms with Crippen LogP contribution in [-0.2, 0) is 0 Å². The minimum Gasteiger partial charge on any atom is -0.340 e. The van der Waals surface area contributed by atoms with Gasteiger partial charge in [-0.15, -0.1) is 0 Å². The summed E-state index contributed by atoms with van der Waals surface area (Å²) in [6.45, 7) is 4.13. The normalized spacial score (nSPS) is 18.1. The number of hydrogen-bond donors (Lipinski definition) is 1. The first-order valence-electron chi connectivity index (χ1n) is 4.85. The van der Waals surface area contributed by atoms with Crippen molar-refractivity contribution in [1.29, 1.82) is 0 Å². The maximum absolute atomic E-state index is 5.15. The van der Waals surface area contributed by atoms with E-state index in [-0.39, 0.29) is 0 Å². The maximum Gasteiger partial charge on any atom is 0.203 e. The van der Waals surface area contributed by atoms with Crippen molar-refractivity contribution in [2.75, 3.05) is 38.1 Å². The SMILES string of the molecule is CN1CCN(c2ncc(Br)c(=S)[nH]2)CC1. The quantitative estimate of drug-likeness (QED) is 0.797. The highest BCUT2D eigenvalue weighted by Gasteiger charge is 2.15. The minimum absolute atomic E-state index is 0.707. The zero-order valence-electron chi connectivity index (χ0n) is 8.53. The van der Waals surface area contributed by atoms with Crippen LogP contribution in [0.3, 0.4) is 0 Å². The smallest absolute Gasteiger partial charge is 0.203 e. The van der Waals surface area contributed by atoms with Gasteiger partial charge in [-0.05, 0) is 23.0 Å². The van der Waals surface area contributed by atoms with Gasteiger partial charge >= 0.3 is 0 Å². The first kappa shape index (κ1) is 11.0. The average Bonchev–Trinajstić information content (AvgIpc) is 2.23. The van der Waals surface area contributed by atoms with Crippen molar-refractivity contribution in [2.24, 2.45) is 0 Å². The molecular formula is C9H13BrN4S. The number of aromatic nitrogens is 2. The van der Waals surface area contributed by atoms with E-state index in [9.17, 15) is 0 Å². The summed E-state index contributed by atoms with van der Waals surface area (Å²) in [5.41, 5.74) is 0. The van der Waals surface area contributed by atoms with E-state index < -0.39 is 0 Å². The summed E-state index contributed by atoms with van der Waals surface area (Å²) in [4.78, 5) is 12.0. The van der Waals surface area contributed by atoms with Crippen molar-refractivity contribution in [3.8, 4) is 0 Å². The molecule has 1 aliphatic rings. The Hall–Kier alpha value is -0.460. The number of piperazine rings is 1. The summed E-state index contributed by atoms with van der Waals surface area (Å²) in [7, 11) is 2.13. The topological polar surface area (TPSA) is 35.2 Å². The van der Waals surface area contributed by atoms with Crippen LogP contribution < -0.4 is 4.90 Å². The number of H-pyrrole nitrogens is 1. The summed E-state index contributed by atoms with van der Waals surface area (Å²) in [5, 5.41) is 0. The van der Waals surface area contributed by atoms with Gasteiger partial charge in [0.15, 0.2) is 0 Å². The highest BCUT2D eigenvalue weighted by molar-refractivity contribution is 9.10. The van der Waals surface area contributed by atoms with E-state index in [0.717, 1.165) is 36.6 Å². The lowest BCUT2D eigenvalue weighted by Gasteiger charge is -2.32. The molecule has 1 N–H and O–H groups in total. The second-order valence-corrected chi connectivity index (χ2v) is 4.94. The van der Waals surface area contributed by atoms with Crippen molar-refractivity contribution >= 4 is 34.1 Å². The number of halogens is 1. The Labute approximate surface area is 102 Å². The molecule has 1 aromatic heterocycles. The highest BCUT2D eigenvalue weighted by Crippen LogP contribution is 2.14. The van der Waals surface area contributed by atoms with E-state index in [1.807, 2.05) is 0 Å². The number of anilines is 1. The molecule has 82 valence electrons. The lowest BCUT2D eigenvalue weighted by molar-refractivity contribution is 0.311. The number of likely N-dealkylation sites (N-methyl/N-ethyl adjacent to an activating group) is 1. The Morgan fingerprint density at radius 2 is 2.07 bits per heavy atom. The average molecular weight is 289 g/mol. The number of nitrogens with one attached hydrogen (secondary N) is 1. The van der Waals surface area contributed by atoms with Crippen LogP contribution in [-0.4, -0.2) is 48.1 Å². The van der Waals surface area contributed by atoms with Gasteiger partial charge in [0.25, 0.3) is 0 Å². The molecule has 2 heterocycles. The molecular weight excluding hydrogens is 276 g/mol. The Balaban J connectivity index is 2.16. The zero-order chi connectivity index (χ0) is 10.8. The summed E-state index contributed by atoms with van der Waals surface area (Å²) in [5.74, 6) is 0.872. The highest BCUT2D eigenvalue weighted by atomic mass is 79.9. The summed E-state index contributed by atoms with van der Waals surface area (Å²) in [6, 6.07) is 0. The van der Waals surface area contributed by atoms with Crippen LogP contribution in [0.4, 0.5) is 5.95 Å². The number of rotatable bonds is 1. The lowest BCUT2D eigenvalue weighted by atomic mass is 10.3. The van der Waals surface area contributed by atoms with Crippen LogP contribution in [0.15, 0.2) is 10.7 Å². The van der Waals surface area contributed by atoms with Gasteiger partial charge in [0.05, 0.1) is 4.47 Å². The first-order valence-corrected chi connectivity index (χ1v) is 6.05. The van der Waals surface area contributed by atoms with Gasteiger partial charge in [0, 0.05) is 32.4 Å². The summed E-state index contributed by atoms with van der Waals surface area (Å²) < 4.78 is 1.55. The van der Waals surface area contributed by atoms with E-state index in [1.165, 1.54) is 0 Å². The third-order valence-corrected chi connectivity index (χ3v) is 3.73. The molecule has 15 heavy (non-hydrogen) atoms. The Morgan fingerprint density at radius 3 is 2.67 bits per heavy atom. The molecule has 2 rings (SSSR count). The zero-order valence-corrected chi connectivity index (χ0v) is 10.9. The monoisotopic (exact) mass is 288 g/mol. The van der Waals surface area contributed by atoms with Gasteiger partial charge in [-0.1, -0.05) is 12.2 Å². The van der Waals surface area contributed by atoms with Gasteiger partial charge < -0.3 is 14.8 Å². The molecule has 1 aromatic rings. The fourth-order valence-corrected chi connectivity index (χ4v) is 1.89. The first-order chi connectivity index (χ1) is 7.16. The minimum atomic E-state index is 0.707. The molecule has 4 nitrogen and oxygen atoms in total. The standard InChI is InChI=1S/C9H13BrN4S/c1-13-2-4-14(5-3-13)9-11-6-7(10)8(15)12-9/h6H,2-5H2,1H3,(H,11,12,15). The Kier molecular flexibility index (Phi) is 3.38. The Morgan fingerprint density at radius 1 is 1.40 bits per heavy atom. The van der Waals surface area contributed by atoms with Crippen LogP contribution in [0.1, 0.15) is 0 Å². The molecule has 0 spiro atoms. The van der Waals surface area contributed by atoms with Crippen LogP contribution in [0, 0.1) is 4.64 Å². The molecule has 0 aromatic carbocycles. The molecule has 0 atom stereocenters. The van der Waals surface area contributed by atoms with Crippen LogP contribution in [0.2, 0.25) is 0 Å². The van der Waals surface area contributed by atoms with Gasteiger partial charge in [-0.2, -0.15) is 0 Å². The third kappa shape index (κ3) is 2.56. The predicted octanol–water partition coefficient (Wildman–Crippen LogP) is 1.65. The van der Waals surface area contributed by atoms with Gasteiger partial charge in [0.1, 0.15) is 4.64 Å². The predicted molar refractivity (Wildman–Crippen MR) is 66.8 cm³/mol. The molecule has 1 fully saturated rings. The molecule has 0 aliphatic carbocycles. The van der Waals surface area contributed by atoms with E-state index >= 15 is 0 Å². The fraction of sp³-hybridized carbons (Fsp3) is 0.556. The molecule has 1 saturated heterocycles. The van der Waals surface area contributed by atoms with Crippen LogP contribution >= 0.6 is 28.1 Å². The van der Waals surface area contributed by atoms with Crippen molar-refractivity contribution in [2.45, 2.75) is 0 Å². The number of aromatic amines is 1. The van der Waals surface area contributed by atoms with E-state index in [4.69, 9.17) is 12.2 Å². The van der Waals surface area contributed by atoms with Gasteiger partial charge in [0.2, 0.25) is 5.95 Å². The summed E-state index contributed by atoms with van der Waals surface area (Å²) >= 11 is 8.49. The molecule has 0 bridgehead atoms. The van der Waals surface area contributed by atoms with Crippen molar-refractivity contribution in [1.82, 2.24) is 14.9 Å². The Bertz CT molecular complexity index is 397. The van der Waals surface area contributed by atoms with Crippen molar-refractivity contribution in [3.63, 3.8) is 0 Å². The lowest BCUT2D eigenvalue weighted by Crippen LogP contribution is -2.45. The van der Waals surface area contributed by atoms with E-state index in [0.29, 0.717) is 4.64 Å². The van der Waals surface area contributed by atoms with Gasteiger partial charge in [-0.25, -0.2) is 4.98 Å². The van der Waals surface area contributed by atoms with Crippen LogP contribution in [0.25, 0.3) is 0 Å². The van der Waals surface area contributed by atoms with E-state index in [2.05, 4.69) is 42.7 Å². The fourth-order valence-electron chi connectivity index (χ4n) is 1.55. The molecule has 1 aliphatic heterocycles. The molecule has 0 unspecified atom stereocenters. The molecule has 6 heteroatoms. The molecule has 0 radical (unpaired) electrons. The van der Waals surface area contributed by atoms with Crippen molar-refractivity contribution < 1.29 is 0 Å². The maximum atomic E-state index is 5.15. The van der Waals surface area contributed by atoms with Crippen molar-refractivity contribution in [3.05, 3.63) is 15.3 Å². The summed E-state index contributed by atoms with van der Waals surface area (Å²) in [6.07, 6.45) is 1.76. The molecule has 0 amide bonds. The number of nitrogens with zero attached hydrogens (tertiary/aromatic N) is 3. The van der Waals surface area contributed by atoms with E-state index in [1.54, 1.807) is 6.20 Å². The van der Waals surface area contributed by atoms with Gasteiger partial charge in [-0.3, -0.25) is 0 Å². The largest absolute Gasteiger partial charge is 0.340 e. The third-order valence-electron chi connectivity index (χ3n) is 2.55. The molecule has 0 saturated carbocycles. The second kappa shape index (κ2) is 4.59. The van der Waals surface area contributed by atoms with Crippen LogP contribution in [0.5, 0.6) is 0 Å². The number of hydrogen-bond acceptors (Lipinski definition) is 4. The second-order valence-electron chi connectivity index (χ2n) is 3.67.